The summed E-state index contributed by atoms with van der Waals surface area (Å²) in [7, 11) is 2.58. The Morgan fingerprint density at radius 3 is 2.27 bits per heavy atom. The van der Waals surface area contributed by atoms with Crippen molar-refractivity contribution >= 4 is 38.8 Å². The lowest BCUT2D eigenvalue weighted by molar-refractivity contribution is 0.359. The summed E-state index contributed by atoms with van der Waals surface area (Å²) in [4.78, 5) is 18.5. The van der Waals surface area contributed by atoms with Crippen molar-refractivity contribution in [1.29, 1.82) is 0 Å². The molecular weight excluding hydrogens is 548 g/mol. The van der Waals surface area contributed by atoms with Gasteiger partial charge < -0.3 is 9.47 Å². The van der Waals surface area contributed by atoms with Gasteiger partial charge in [-0.15, -0.1) is 0 Å². The number of aryl methyl sites for hydroxylation is 1. The highest BCUT2D eigenvalue weighted by atomic mass is 32.2. The van der Waals surface area contributed by atoms with E-state index in [0.717, 1.165) is 25.4 Å². The highest BCUT2D eigenvalue weighted by Crippen LogP contribution is 2.43. The smallest absolute Gasteiger partial charge is 0.309 e. The second kappa shape index (κ2) is 10.1. The second-order valence-electron chi connectivity index (χ2n) is 8.58. The number of halogens is 2. The molecule has 0 saturated heterocycles. The number of nitrogens with zero attached hydrogens (tertiary/aromatic N) is 9. The van der Waals surface area contributed by atoms with E-state index in [1.807, 2.05) is 0 Å². The summed E-state index contributed by atoms with van der Waals surface area (Å²) in [5, 5.41) is 4.13. The van der Waals surface area contributed by atoms with Crippen LogP contribution in [0.25, 0.3) is 22.4 Å². The molecule has 0 atom stereocenters. The summed E-state index contributed by atoms with van der Waals surface area (Å²) in [5.74, 6) is -3.49. The van der Waals surface area contributed by atoms with Crippen LogP contribution in [0.15, 0.2) is 49.2 Å². The molecular formula is C24H23F2N9O4S. The number of hydrogen-bond acceptors (Lipinski definition) is 10. The lowest BCUT2D eigenvalue weighted by atomic mass is 10.2. The van der Waals surface area contributed by atoms with Crippen molar-refractivity contribution in [3.8, 4) is 22.8 Å². The maximum atomic E-state index is 15.8. The van der Waals surface area contributed by atoms with Gasteiger partial charge in [-0.3, -0.25) is 14.6 Å². The van der Waals surface area contributed by atoms with E-state index in [-0.39, 0.29) is 28.9 Å². The molecule has 208 valence electrons. The van der Waals surface area contributed by atoms with Crippen LogP contribution < -0.4 is 14.4 Å². The lowest BCUT2D eigenvalue weighted by Crippen LogP contribution is -2.31. The first kappa shape index (κ1) is 26.9. The number of methoxy groups -OCH3 is 2. The highest BCUT2D eigenvalue weighted by molar-refractivity contribution is 7.87. The summed E-state index contributed by atoms with van der Waals surface area (Å²) >= 11 is 0. The molecule has 0 spiro atoms. The van der Waals surface area contributed by atoms with E-state index < -0.39 is 27.5 Å². The first-order valence-electron chi connectivity index (χ1n) is 11.6. The topological polar surface area (TPSA) is 133 Å². The van der Waals surface area contributed by atoms with Crippen molar-refractivity contribution in [3.63, 3.8) is 0 Å². The van der Waals surface area contributed by atoms with E-state index in [0.29, 0.717) is 16.8 Å². The molecule has 5 aromatic rings. The number of fused-ring (bicyclic) bond motifs is 1. The molecule has 0 bridgehead atoms. The van der Waals surface area contributed by atoms with Crippen molar-refractivity contribution in [3.05, 3.63) is 60.8 Å². The first-order valence-corrected chi connectivity index (χ1v) is 13.0. The number of benzene rings is 1. The molecule has 0 saturated carbocycles. The summed E-state index contributed by atoms with van der Waals surface area (Å²) in [5.41, 5.74) is 0.885. The SMILES string of the molecule is COc1cc(OC)c(F)c(N(c2ccc3ncc(-c4cnn(C)c4)nc3n2)c2nccn2S(=O)(=O)N(C)C)c1F. The normalized spacial score (nSPS) is 11.8. The van der Waals surface area contributed by atoms with E-state index in [9.17, 15) is 8.42 Å². The number of rotatable bonds is 8. The van der Waals surface area contributed by atoms with Gasteiger partial charge in [-0.25, -0.2) is 23.7 Å². The van der Waals surface area contributed by atoms with Crippen LogP contribution in [0.3, 0.4) is 0 Å². The first-order chi connectivity index (χ1) is 19.1. The van der Waals surface area contributed by atoms with E-state index >= 15 is 8.78 Å². The zero-order valence-electron chi connectivity index (χ0n) is 21.9. The minimum absolute atomic E-state index is 0.111. The van der Waals surface area contributed by atoms with Gasteiger partial charge in [0.25, 0.3) is 0 Å². The van der Waals surface area contributed by atoms with Crippen LogP contribution in [-0.4, -0.2) is 74.7 Å². The van der Waals surface area contributed by atoms with Gasteiger partial charge in [0, 0.05) is 51.4 Å². The number of hydrogen-bond donors (Lipinski definition) is 0. The third-order valence-corrected chi connectivity index (χ3v) is 7.60. The van der Waals surface area contributed by atoms with E-state index in [2.05, 4.69) is 25.0 Å². The quantitative estimate of drug-likeness (QED) is 0.274. The number of imidazole rings is 1. The maximum Gasteiger partial charge on any atom is 0.309 e. The third kappa shape index (κ3) is 4.46. The van der Waals surface area contributed by atoms with E-state index in [4.69, 9.17) is 9.47 Å². The molecule has 0 aliphatic carbocycles. The number of pyridine rings is 1. The number of anilines is 3. The fourth-order valence-electron chi connectivity index (χ4n) is 3.89. The molecule has 40 heavy (non-hydrogen) atoms. The minimum atomic E-state index is -4.19. The lowest BCUT2D eigenvalue weighted by Gasteiger charge is -2.26. The van der Waals surface area contributed by atoms with Gasteiger partial charge in [0.15, 0.2) is 28.8 Å². The molecule has 0 aliphatic heterocycles. The maximum absolute atomic E-state index is 15.8. The fourth-order valence-corrected chi connectivity index (χ4v) is 4.78. The third-order valence-electron chi connectivity index (χ3n) is 5.90. The average molecular weight is 572 g/mol. The zero-order chi connectivity index (χ0) is 28.8. The zero-order valence-corrected chi connectivity index (χ0v) is 22.8. The molecule has 0 aliphatic rings. The van der Waals surface area contributed by atoms with Gasteiger partial charge >= 0.3 is 10.2 Å². The Labute approximate surface area is 227 Å². The van der Waals surface area contributed by atoms with Gasteiger partial charge in [0.05, 0.1) is 32.3 Å². The van der Waals surface area contributed by atoms with Crippen LogP contribution in [-0.2, 0) is 17.3 Å². The molecule has 13 nitrogen and oxygen atoms in total. The second-order valence-corrected chi connectivity index (χ2v) is 10.6. The number of ether oxygens (including phenoxy) is 2. The summed E-state index contributed by atoms with van der Waals surface area (Å²) < 4.78 is 71.5. The molecule has 4 heterocycles. The van der Waals surface area contributed by atoms with Crippen molar-refractivity contribution in [1.82, 2.24) is 38.0 Å². The number of aromatic nitrogens is 7. The van der Waals surface area contributed by atoms with E-state index in [1.54, 1.807) is 30.3 Å². The molecule has 0 N–H and O–H groups in total. The van der Waals surface area contributed by atoms with Crippen molar-refractivity contribution in [2.45, 2.75) is 0 Å². The Hall–Kier alpha value is -4.70. The monoisotopic (exact) mass is 571 g/mol. The standard InChI is InChI=1S/C24H23F2N9O4S/c1-32(2)40(36,37)34-9-8-27-24(34)35(22-20(25)17(38-4)10-18(39-5)21(22)26)19-7-6-15-23(31-19)30-16(12-28-15)14-11-29-33(3)13-14/h6-13H,1-5H3. The summed E-state index contributed by atoms with van der Waals surface area (Å²) in [6, 6.07) is 3.98. The summed E-state index contributed by atoms with van der Waals surface area (Å²) in [6.45, 7) is 0. The average Bonchev–Trinajstić information content (AvgIpc) is 3.60. The van der Waals surface area contributed by atoms with Gasteiger partial charge in [0.1, 0.15) is 17.0 Å². The van der Waals surface area contributed by atoms with Crippen molar-refractivity contribution in [2.75, 3.05) is 33.2 Å². The van der Waals surface area contributed by atoms with Crippen LogP contribution in [0.1, 0.15) is 0 Å². The molecule has 5 rings (SSSR count). The molecule has 0 radical (unpaired) electrons. The van der Waals surface area contributed by atoms with Crippen LogP contribution in [0.2, 0.25) is 0 Å². The predicted octanol–water partition coefficient (Wildman–Crippen LogP) is 3.04. The molecule has 0 unspecified atom stereocenters. The minimum Gasteiger partial charge on any atom is -0.493 e. The predicted molar refractivity (Wildman–Crippen MR) is 141 cm³/mol. The summed E-state index contributed by atoms with van der Waals surface area (Å²) in [6.07, 6.45) is 7.20. The Morgan fingerprint density at radius 1 is 0.975 bits per heavy atom. The van der Waals surface area contributed by atoms with Crippen LogP contribution >= 0.6 is 0 Å². The van der Waals surface area contributed by atoms with Gasteiger partial charge in [-0.2, -0.15) is 21.8 Å². The van der Waals surface area contributed by atoms with Crippen molar-refractivity contribution < 1.29 is 26.7 Å². The molecule has 4 aromatic heterocycles. The Kier molecular flexibility index (Phi) is 6.80. The van der Waals surface area contributed by atoms with Gasteiger partial charge in [0.2, 0.25) is 5.95 Å². The molecule has 1 aromatic carbocycles. The van der Waals surface area contributed by atoms with Crippen LogP contribution in [0.4, 0.5) is 26.2 Å². The Morgan fingerprint density at radius 2 is 1.68 bits per heavy atom. The van der Waals surface area contributed by atoms with E-state index in [1.165, 1.54) is 46.6 Å². The van der Waals surface area contributed by atoms with Crippen molar-refractivity contribution in [2.24, 2.45) is 7.05 Å². The van der Waals surface area contributed by atoms with Gasteiger partial charge in [-0.05, 0) is 12.1 Å². The Bertz CT molecular complexity index is 1810. The highest BCUT2D eigenvalue weighted by Gasteiger charge is 2.33. The fraction of sp³-hybridized carbons (Fsp3) is 0.208. The molecule has 0 fully saturated rings. The molecule has 16 heteroatoms. The largest absolute Gasteiger partial charge is 0.493 e. The molecule has 0 amide bonds. The van der Waals surface area contributed by atoms with Crippen LogP contribution in [0, 0.1) is 11.6 Å². The van der Waals surface area contributed by atoms with Gasteiger partial charge in [-0.1, -0.05) is 0 Å². The van der Waals surface area contributed by atoms with Crippen LogP contribution in [0.5, 0.6) is 11.5 Å². The Balaban J connectivity index is 1.81.